The normalized spacial score (nSPS) is 10.6. The second-order valence-corrected chi connectivity index (χ2v) is 5.58. The molecule has 0 N–H and O–H groups in total. The fraction of sp³-hybridized carbons (Fsp3) is 0.167. The minimum Gasteiger partial charge on any atom is -0.301 e. The predicted molar refractivity (Wildman–Crippen MR) is 89.1 cm³/mol. The van der Waals surface area contributed by atoms with Crippen molar-refractivity contribution in [3.8, 4) is 0 Å². The molecule has 3 rings (SSSR count). The van der Waals surface area contributed by atoms with Crippen molar-refractivity contribution in [1.29, 1.82) is 0 Å². The van der Waals surface area contributed by atoms with E-state index in [9.17, 15) is 9.18 Å². The molecule has 0 fully saturated rings. The van der Waals surface area contributed by atoms with Gasteiger partial charge in [0.2, 0.25) is 0 Å². The van der Waals surface area contributed by atoms with Gasteiger partial charge in [-0.3, -0.25) is 14.5 Å². The van der Waals surface area contributed by atoms with E-state index in [-0.39, 0.29) is 11.7 Å². The fourth-order valence-electron chi connectivity index (χ4n) is 2.46. The van der Waals surface area contributed by atoms with Crippen LogP contribution in [0, 0.1) is 12.7 Å². The van der Waals surface area contributed by atoms with Crippen LogP contribution in [0.25, 0.3) is 0 Å². The summed E-state index contributed by atoms with van der Waals surface area (Å²) in [5.41, 5.74) is 2.94. The Kier molecular flexibility index (Phi) is 4.37. The van der Waals surface area contributed by atoms with Crippen LogP contribution in [0.5, 0.6) is 0 Å². The smallest absolute Gasteiger partial charge is 0.276 e. The van der Waals surface area contributed by atoms with E-state index in [1.165, 1.54) is 16.8 Å². The number of aryl methyl sites for hydroxylation is 2. The summed E-state index contributed by atoms with van der Waals surface area (Å²) in [6.07, 6.45) is 4.96. The van der Waals surface area contributed by atoms with Gasteiger partial charge in [-0.25, -0.2) is 4.39 Å². The maximum Gasteiger partial charge on any atom is 0.276 e. The van der Waals surface area contributed by atoms with Crippen LogP contribution >= 0.6 is 0 Å². The molecule has 0 spiro atoms. The molecule has 0 radical (unpaired) electrons. The molecule has 2 aromatic heterocycles. The summed E-state index contributed by atoms with van der Waals surface area (Å²) in [5, 5.41) is 4.05. The molecule has 0 unspecified atom stereocenters. The van der Waals surface area contributed by atoms with Gasteiger partial charge >= 0.3 is 0 Å². The van der Waals surface area contributed by atoms with Crippen LogP contribution in [0.15, 0.2) is 55.0 Å². The second-order valence-electron chi connectivity index (χ2n) is 5.58. The number of halogens is 1. The van der Waals surface area contributed by atoms with Crippen molar-refractivity contribution in [2.75, 3.05) is 4.90 Å². The van der Waals surface area contributed by atoms with Crippen LogP contribution < -0.4 is 4.90 Å². The number of hydrogen-bond donors (Lipinski definition) is 0. The molecule has 0 bridgehead atoms. The van der Waals surface area contributed by atoms with Crippen molar-refractivity contribution in [2.24, 2.45) is 7.05 Å². The Morgan fingerprint density at radius 2 is 1.96 bits per heavy atom. The molecule has 0 saturated heterocycles. The summed E-state index contributed by atoms with van der Waals surface area (Å²) in [5.74, 6) is -0.493. The molecule has 24 heavy (non-hydrogen) atoms. The van der Waals surface area contributed by atoms with Gasteiger partial charge in [0.05, 0.1) is 18.4 Å². The number of carbonyl (C=O) groups excluding carboxylic acids is 1. The molecule has 122 valence electrons. The molecule has 1 amide bonds. The van der Waals surface area contributed by atoms with Gasteiger partial charge in [0.25, 0.3) is 5.91 Å². The van der Waals surface area contributed by atoms with Gasteiger partial charge in [-0.2, -0.15) is 5.10 Å². The van der Waals surface area contributed by atoms with Crippen molar-refractivity contribution in [1.82, 2.24) is 14.8 Å². The zero-order chi connectivity index (χ0) is 17.1. The van der Waals surface area contributed by atoms with Crippen LogP contribution in [0.3, 0.4) is 0 Å². The predicted octanol–water partition coefficient (Wildman–Crippen LogP) is 3.11. The number of amides is 1. The standard InChI is InChI=1S/C18H17FN4O/c1-13-9-16(11-20-10-13)23(12-14-3-5-15(19)6-4-14)18(24)17-7-8-21-22(17)2/h3-11H,12H2,1-2H3. The van der Waals surface area contributed by atoms with Gasteiger partial charge < -0.3 is 4.90 Å². The Balaban J connectivity index is 1.99. The number of carbonyl (C=O) groups is 1. The third-order valence-corrected chi connectivity index (χ3v) is 3.71. The molecule has 0 aliphatic heterocycles. The molecule has 1 aromatic carbocycles. The van der Waals surface area contributed by atoms with E-state index in [2.05, 4.69) is 10.1 Å². The minimum atomic E-state index is -0.305. The summed E-state index contributed by atoms with van der Waals surface area (Å²) in [4.78, 5) is 18.8. The second kappa shape index (κ2) is 6.62. The molecule has 5 nitrogen and oxygen atoms in total. The molecule has 3 aromatic rings. The number of anilines is 1. The molecule has 2 heterocycles. The Morgan fingerprint density at radius 1 is 1.21 bits per heavy atom. The average Bonchev–Trinajstić information content (AvgIpc) is 3.00. The van der Waals surface area contributed by atoms with Crippen LogP contribution in [0.2, 0.25) is 0 Å². The largest absolute Gasteiger partial charge is 0.301 e. The summed E-state index contributed by atoms with van der Waals surface area (Å²) in [7, 11) is 1.72. The molecule has 6 heteroatoms. The quantitative estimate of drug-likeness (QED) is 0.741. The first kappa shape index (κ1) is 15.9. The van der Waals surface area contributed by atoms with E-state index < -0.39 is 0 Å². The van der Waals surface area contributed by atoms with Crippen LogP contribution in [-0.2, 0) is 13.6 Å². The van der Waals surface area contributed by atoms with Gasteiger partial charge in [-0.05, 0) is 42.3 Å². The van der Waals surface area contributed by atoms with Crippen molar-refractivity contribution < 1.29 is 9.18 Å². The van der Waals surface area contributed by atoms with E-state index in [1.807, 2.05) is 13.0 Å². The van der Waals surface area contributed by atoms with Crippen LogP contribution in [-0.4, -0.2) is 20.7 Å². The number of hydrogen-bond acceptors (Lipinski definition) is 3. The van der Waals surface area contributed by atoms with Crippen LogP contribution in [0.4, 0.5) is 10.1 Å². The van der Waals surface area contributed by atoms with E-state index in [1.54, 1.807) is 48.7 Å². The zero-order valence-corrected chi connectivity index (χ0v) is 13.5. The molecular formula is C18H17FN4O. The van der Waals surface area contributed by atoms with Gasteiger partial charge in [-0.1, -0.05) is 12.1 Å². The third kappa shape index (κ3) is 3.32. The van der Waals surface area contributed by atoms with E-state index in [0.29, 0.717) is 17.9 Å². The van der Waals surface area contributed by atoms with E-state index in [4.69, 9.17) is 0 Å². The number of pyridine rings is 1. The van der Waals surface area contributed by atoms with Gasteiger partial charge in [0, 0.05) is 19.4 Å². The first-order valence-corrected chi connectivity index (χ1v) is 7.50. The monoisotopic (exact) mass is 324 g/mol. The summed E-state index contributed by atoms with van der Waals surface area (Å²) < 4.78 is 14.7. The third-order valence-electron chi connectivity index (χ3n) is 3.71. The molecule has 0 atom stereocenters. The fourth-order valence-corrected chi connectivity index (χ4v) is 2.46. The Labute approximate surface area is 139 Å². The van der Waals surface area contributed by atoms with Crippen molar-refractivity contribution in [3.05, 3.63) is 77.6 Å². The number of aromatic nitrogens is 3. The Bertz CT molecular complexity index is 857. The van der Waals surface area contributed by atoms with Gasteiger partial charge in [0.15, 0.2) is 0 Å². The number of nitrogens with zero attached hydrogens (tertiary/aromatic N) is 4. The van der Waals surface area contributed by atoms with E-state index >= 15 is 0 Å². The lowest BCUT2D eigenvalue weighted by Crippen LogP contribution is -2.32. The van der Waals surface area contributed by atoms with Gasteiger partial charge in [0.1, 0.15) is 11.5 Å². The summed E-state index contributed by atoms with van der Waals surface area (Å²) in [6.45, 7) is 2.23. The first-order valence-electron chi connectivity index (χ1n) is 7.50. The molecule has 0 saturated carbocycles. The highest BCUT2D eigenvalue weighted by atomic mass is 19.1. The Hall–Kier alpha value is -3.02. The maximum atomic E-state index is 13.1. The topological polar surface area (TPSA) is 51.0 Å². The molecular weight excluding hydrogens is 307 g/mol. The van der Waals surface area contributed by atoms with Crippen molar-refractivity contribution >= 4 is 11.6 Å². The maximum absolute atomic E-state index is 13.1. The number of rotatable bonds is 4. The van der Waals surface area contributed by atoms with E-state index in [0.717, 1.165) is 11.1 Å². The van der Waals surface area contributed by atoms with Crippen LogP contribution in [0.1, 0.15) is 21.6 Å². The lowest BCUT2D eigenvalue weighted by molar-refractivity contribution is 0.0976. The highest BCUT2D eigenvalue weighted by Crippen LogP contribution is 2.20. The van der Waals surface area contributed by atoms with Gasteiger partial charge in [-0.15, -0.1) is 0 Å². The first-order chi connectivity index (χ1) is 11.5. The highest BCUT2D eigenvalue weighted by molar-refractivity contribution is 6.04. The Morgan fingerprint density at radius 3 is 2.58 bits per heavy atom. The molecule has 0 aliphatic rings. The van der Waals surface area contributed by atoms with Crippen molar-refractivity contribution in [3.63, 3.8) is 0 Å². The highest BCUT2D eigenvalue weighted by Gasteiger charge is 2.21. The number of benzene rings is 1. The summed E-state index contributed by atoms with van der Waals surface area (Å²) >= 11 is 0. The van der Waals surface area contributed by atoms with Crippen molar-refractivity contribution in [2.45, 2.75) is 13.5 Å². The molecule has 0 aliphatic carbocycles. The SMILES string of the molecule is Cc1cncc(N(Cc2ccc(F)cc2)C(=O)c2ccnn2C)c1. The lowest BCUT2D eigenvalue weighted by Gasteiger charge is -2.23. The zero-order valence-electron chi connectivity index (χ0n) is 13.5. The minimum absolute atomic E-state index is 0.188. The average molecular weight is 324 g/mol. The lowest BCUT2D eigenvalue weighted by atomic mass is 10.1. The summed E-state index contributed by atoms with van der Waals surface area (Å²) in [6, 6.07) is 9.67.